The van der Waals surface area contributed by atoms with Gasteiger partial charge in [-0.25, -0.2) is 0 Å². The summed E-state index contributed by atoms with van der Waals surface area (Å²) in [7, 11) is 0. The van der Waals surface area contributed by atoms with Crippen LogP contribution < -0.4 is 0 Å². The van der Waals surface area contributed by atoms with Gasteiger partial charge in [0, 0.05) is 11.5 Å². The second-order valence-electron chi connectivity index (χ2n) is 7.38. The molecule has 0 saturated carbocycles. The van der Waals surface area contributed by atoms with Crippen LogP contribution in [0.5, 0.6) is 0 Å². The number of aryl methyl sites for hydroxylation is 1. The lowest BCUT2D eigenvalue weighted by Crippen LogP contribution is -2.19. The minimum Gasteiger partial charge on any atom is -0.166 e. The van der Waals surface area contributed by atoms with E-state index in [0.717, 1.165) is 31.4 Å². The highest BCUT2D eigenvalue weighted by Crippen LogP contribution is 2.40. The third-order valence-electron chi connectivity index (χ3n) is 5.76. The van der Waals surface area contributed by atoms with Gasteiger partial charge in [0.05, 0.1) is 5.56 Å². The lowest BCUT2D eigenvalue weighted by Gasteiger charge is -2.30. The van der Waals surface area contributed by atoms with Crippen molar-refractivity contribution in [2.75, 3.05) is 0 Å². The molecule has 3 aromatic carbocycles. The van der Waals surface area contributed by atoms with Gasteiger partial charge in [-0.15, -0.1) is 0 Å². The molecule has 0 aliphatic heterocycles. The van der Waals surface area contributed by atoms with Crippen LogP contribution in [0, 0.1) is 17.8 Å². The van der Waals surface area contributed by atoms with Gasteiger partial charge in [0.25, 0.3) is 0 Å². The quantitative estimate of drug-likeness (QED) is 0.401. The van der Waals surface area contributed by atoms with E-state index in [4.69, 9.17) is 0 Å². The Balaban J connectivity index is 1.72. The molecule has 0 amide bonds. The van der Waals surface area contributed by atoms with E-state index in [-0.39, 0.29) is 5.92 Å². The molecule has 0 heterocycles. The maximum Gasteiger partial charge on any atom is 0.416 e. The lowest BCUT2D eigenvalue weighted by molar-refractivity contribution is -0.137. The van der Waals surface area contributed by atoms with Crippen LogP contribution in [-0.4, -0.2) is 0 Å². The third-order valence-corrected chi connectivity index (χ3v) is 5.76. The van der Waals surface area contributed by atoms with Crippen LogP contribution in [0.4, 0.5) is 13.2 Å². The zero-order valence-corrected chi connectivity index (χ0v) is 15.7. The van der Waals surface area contributed by atoms with Crippen molar-refractivity contribution in [2.24, 2.45) is 5.92 Å². The molecule has 3 aromatic rings. The van der Waals surface area contributed by atoms with Crippen molar-refractivity contribution in [3.8, 4) is 11.8 Å². The highest BCUT2D eigenvalue weighted by Gasteiger charge is 2.30. The molecule has 2 atom stereocenters. The summed E-state index contributed by atoms with van der Waals surface area (Å²) in [5.41, 5.74) is 2.63. The first-order chi connectivity index (χ1) is 13.5. The van der Waals surface area contributed by atoms with Gasteiger partial charge in [0.1, 0.15) is 0 Å². The predicted octanol–water partition coefficient (Wildman–Crippen LogP) is 6.97. The van der Waals surface area contributed by atoms with Crippen LogP contribution >= 0.6 is 0 Å². The molecule has 28 heavy (non-hydrogen) atoms. The first-order valence-electron chi connectivity index (χ1n) is 9.66. The Morgan fingerprint density at radius 1 is 0.964 bits per heavy atom. The van der Waals surface area contributed by atoms with Crippen molar-refractivity contribution in [3.63, 3.8) is 0 Å². The summed E-state index contributed by atoms with van der Waals surface area (Å²) in [6.45, 7) is 2.18. The number of rotatable bonds is 1. The van der Waals surface area contributed by atoms with Crippen molar-refractivity contribution in [2.45, 2.75) is 38.3 Å². The molecular weight excluding hydrogens is 357 g/mol. The summed E-state index contributed by atoms with van der Waals surface area (Å²) in [5.74, 6) is 7.10. The topological polar surface area (TPSA) is 0 Å². The van der Waals surface area contributed by atoms with Crippen molar-refractivity contribution < 1.29 is 13.2 Å². The van der Waals surface area contributed by atoms with Crippen LogP contribution in [-0.2, 0) is 12.6 Å². The molecule has 4 rings (SSSR count). The van der Waals surface area contributed by atoms with E-state index in [1.807, 2.05) is 6.07 Å². The minimum absolute atomic E-state index is 0.112. The average molecular weight is 378 g/mol. The van der Waals surface area contributed by atoms with E-state index in [9.17, 15) is 13.2 Å². The molecule has 142 valence electrons. The van der Waals surface area contributed by atoms with Gasteiger partial charge in [0.2, 0.25) is 0 Å². The van der Waals surface area contributed by atoms with Gasteiger partial charge in [-0.05, 0) is 64.9 Å². The Morgan fingerprint density at radius 3 is 2.43 bits per heavy atom. The first-order valence-corrected chi connectivity index (χ1v) is 9.66. The largest absolute Gasteiger partial charge is 0.416 e. The van der Waals surface area contributed by atoms with Gasteiger partial charge in [-0.1, -0.05) is 61.6 Å². The van der Waals surface area contributed by atoms with Crippen molar-refractivity contribution >= 4 is 10.8 Å². The van der Waals surface area contributed by atoms with E-state index < -0.39 is 11.7 Å². The minimum atomic E-state index is -4.32. The van der Waals surface area contributed by atoms with Crippen LogP contribution in [0.3, 0.4) is 0 Å². The maximum absolute atomic E-state index is 12.8. The molecule has 0 bridgehead atoms. The van der Waals surface area contributed by atoms with Crippen LogP contribution in [0.15, 0.2) is 60.7 Å². The number of hydrogen-bond acceptors (Lipinski definition) is 0. The summed E-state index contributed by atoms with van der Waals surface area (Å²) in [6.07, 6.45) is -1.14. The number of benzene rings is 3. The molecule has 0 radical (unpaired) electrons. The third kappa shape index (κ3) is 3.52. The van der Waals surface area contributed by atoms with Gasteiger partial charge in [-0.2, -0.15) is 13.2 Å². The fourth-order valence-corrected chi connectivity index (χ4v) is 4.21. The zero-order valence-electron chi connectivity index (χ0n) is 15.7. The van der Waals surface area contributed by atoms with Gasteiger partial charge in [-0.3, -0.25) is 0 Å². The summed E-state index contributed by atoms with van der Waals surface area (Å²) >= 11 is 0. The molecule has 0 aromatic heterocycles. The molecule has 0 nitrogen and oxygen atoms in total. The molecular formula is C25H21F3. The van der Waals surface area contributed by atoms with E-state index in [0.29, 0.717) is 11.5 Å². The van der Waals surface area contributed by atoms with E-state index in [1.54, 1.807) is 0 Å². The SMILES string of the molecule is CC[C@@H]1CCc2c(ccc3ccccc23)[C@H]1C#Cc1ccc(C(F)(F)F)cc1. The number of alkyl halides is 3. The van der Waals surface area contributed by atoms with Crippen LogP contribution in [0.1, 0.15) is 47.9 Å². The van der Waals surface area contributed by atoms with E-state index in [2.05, 4.69) is 49.1 Å². The molecule has 0 fully saturated rings. The predicted molar refractivity (Wildman–Crippen MR) is 107 cm³/mol. The summed E-state index contributed by atoms with van der Waals surface area (Å²) in [6, 6.07) is 17.9. The second-order valence-corrected chi connectivity index (χ2v) is 7.38. The van der Waals surface area contributed by atoms with Crippen molar-refractivity contribution in [3.05, 3.63) is 82.9 Å². The van der Waals surface area contributed by atoms with E-state index >= 15 is 0 Å². The Kier molecular flexibility index (Phi) is 4.89. The molecule has 3 heteroatoms. The summed E-state index contributed by atoms with van der Waals surface area (Å²) < 4.78 is 38.3. The van der Waals surface area contributed by atoms with E-state index in [1.165, 1.54) is 34.0 Å². The number of hydrogen-bond donors (Lipinski definition) is 0. The maximum atomic E-state index is 12.8. The molecule has 0 N–H and O–H groups in total. The van der Waals surface area contributed by atoms with Crippen molar-refractivity contribution in [1.82, 2.24) is 0 Å². The normalized spacial score (nSPS) is 19.0. The van der Waals surface area contributed by atoms with Crippen LogP contribution in [0.25, 0.3) is 10.8 Å². The van der Waals surface area contributed by atoms with Gasteiger partial charge >= 0.3 is 6.18 Å². The average Bonchev–Trinajstić information content (AvgIpc) is 2.71. The Morgan fingerprint density at radius 2 is 1.71 bits per heavy atom. The fraction of sp³-hybridized carbons (Fsp3) is 0.280. The first kappa shape index (κ1) is 18.6. The van der Waals surface area contributed by atoms with Crippen molar-refractivity contribution in [1.29, 1.82) is 0 Å². The summed E-state index contributed by atoms with van der Waals surface area (Å²) in [4.78, 5) is 0. The molecule has 0 saturated heterocycles. The Hall–Kier alpha value is -2.73. The monoisotopic (exact) mass is 378 g/mol. The highest BCUT2D eigenvalue weighted by molar-refractivity contribution is 5.87. The molecule has 1 aliphatic rings. The number of halogens is 3. The fourth-order valence-electron chi connectivity index (χ4n) is 4.21. The summed E-state index contributed by atoms with van der Waals surface area (Å²) in [5, 5.41) is 2.53. The Labute approximate surface area is 163 Å². The molecule has 0 unspecified atom stereocenters. The molecule has 0 spiro atoms. The second kappa shape index (κ2) is 7.36. The smallest absolute Gasteiger partial charge is 0.166 e. The number of fused-ring (bicyclic) bond motifs is 3. The zero-order chi connectivity index (χ0) is 19.7. The van der Waals surface area contributed by atoms with Crippen LogP contribution in [0.2, 0.25) is 0 Å². The standard InChI is InChI=1S/C25H21F3/c1-2-18-10-15-23-21-6-4-3-5-19(21)11-16-24(23)22(18)14-9-17-7-12-20(13-8-17)25(26,27)28/h3-8,11-13,16,18,22H,2,10,15H2,1H3/t18-,22+/m1/s1. The lowest BCUT2D eigenvalue weighted by atomic mass is 9.73. The Bertz CT molecular complexity index is 1050. The highest BCUT2D eigenvalue weighted by atomic mass is 19.4. The van der Waals surface area contributed by atoms with Gasteiger partial charge in [0.15, 0.2) is 0 Å². The van der Waals surface area contributed by atoms with Gasteiger partial charge < -0.3 is 0 Å². The molecule has 1 aliphatic carbocycles.